The summed E-state index contributed by atoms with van der Waals surface area (Å²) >= 11 is 0. The van der Waals surface area contributed by atoms with Crippen molar-refractivity contribution >= 4 is 11.9 Å². The number of esters is 1. The van der Waals surface area contributed by atoms with E-state index in [0.717, 1.165) is 17.5 Å². The van der Waals surface area contributed by atoms with Crippen LogP contribution in [0.25, 0.3) is 0 Å². The Bertz CT molecular complexity index is 776. The van der Waals surface area contributed by atoms with Crippen molar-refractivity contribution in [2.75, 3.05) is 19.8 Å². The molecule has 150 valence electrons. The maximum atomic E-state index is 13.1. The summed E-state index contributed by atoms with van der Waals surface area (Å²) in [6.45, 7) is 4.39. The molecule has 2 rings (SSSR count). The predicted molar refractivity (Wildman–Crippen MR) is 104 cm³/mol. The monoisotopic (exact) mass is 387 g/mol. The van der Waals surface area contributed by atoms with Gasteiger partial charge in [-0.3, -0.25) is 9.59 Å². The highest BCUT2D eigenvalue weighted by molar-refractivity contribution is 5.78. The van der Waals surface area contributed by atoms with Gasteiger partial charge in [0, 0.05) is 13.1 Å². The predicted octanol–water partition coefficient (Wildman–Crippen LogP) is 3.75. The molecule has 6 heteroatoms. The van der Waals surface area contributed by atoms with Gasteiger partial charge in [-0.25, -0.2) is 4.39 Å². The molecule has 1 amide bonds. The second kappa shape index (κ2) is 11.1. The van der Waals surface area contributed by atoms with E-state index >= 15 is 0 Å². The van der Waals surface area contributed by atoms with Crippen LogP contribution in [0.2, 0.25) is 0 Å². The van der Waals surface area contributed by atoms with Crippen LogP contribution >= 0.6 is 0 Å². The van der Waals surface area contributed by atoms with Crippen LogP contribution in [0.1, 0.15) is 31.4 Å². The molecule has 0 atom stereocenters. The summed E-state index contributed by atoms with van der Waals surface area (Å²) in [7, 11) is 0. The van der Waals surface area contributed by atoms with Gasteiger partial charge in [-0.15, -0.1) is 0 Å². The fraction of sp³-hybridized carbons (Fsp3) is 0.364. The van der Waals surface area contributed by atoms with Crippen LogP contribution in [0.4, 0.5) is 4.39 Å². The first-order valence-corrected chi connectivity index (χ1v) is 9.41. The minimum absolute atomic E-state index is 0.0894. The molecule has 0 aliphatic carbocycles. The molecule has 28 heavy (non-hydrogen) atoms. The van der Waals surface area contributed by atoms with E-state index in [-0.39, 0.29) is 43.8 Å². The molecule has 0 bridgehead atoms. The highest BCUT2D eigenvalue weighted by Crippen LogP contribution is 2.14. The number of benzene rings is 2. The number of carbonyl (C=O) groups excluding carboxylic acids is 2. The lowest BCUT2D eigenvalue weighted by Gasteiger charge is -2.23. The van der Waals surface area contributed by atoms with E-state index in [2.05, 4.69) is 0 Å². The lowest BCUT2D eigenvalue weighted by Crippen LogP contribution is -2.36. The molecule has 0 heterocycles. The normalized spacial score (nSPS) is 10.4. The number of amides is 1. The van der Waals surface area contributed by atoms with Gasteiger partial charge >= 0.3 is 5.97 Å². The van der Waals surface area contributed by atoms with Gasteiger partial charge < -0.3 is 14.4 Å². The summed E-state index contributed by atoms with van der Waals surface area (Å²) in [6.07, 6.45) is 0.966. The Morgan fingerprint density at radius 3 is 2.46 bits per heavy atom. The molecule has 0 saturated carbocycles. The molecule has 0 radical (unpaired) electrons. The topological polar surface area (TPSA) is 55.8 Å². The van der Waals surface area contributed by atoms with Gasteiger partial charge in [0.25, 0.3) is 5.91 Å². The Morgan fingerprint density at radius 1 is 1.04 bits per heavy atom. The van der Waals surface area contributed by atoms with E-state index in [4.69, 9.17) is 9.47 Å². The summed E-state index contributed by atoms with van der Waals surface area (Å²) in [6, 6.07) is 13.5. The quantitative estimate of drug-likeness (QED) is 0.583. The first-order valence-electron chi connectivity index (χ1n) is 9.41. The minimum Gasteiger partial charge on any atom is -0.484 e. The van der Waals surface area contributed by atoms with E-state index in [1.54, 1.807) is 25.1 Å². The molecule has 0 N–H and O–H groups in total. The van der Waals surface area contributed by atoms with E-state index in [1.807, 2.05) is 25.1 Å². The zero-order valence-corrected chi connectivity index (χ0v) is 16.3. The summed E-state index contributed by atoms with van der Waals surface area (Å²) in [5.41, 5.74) is 1.89. The van der Waals surface area contributed by atoms with Crippen LogP contribution in [-0.4, -0.2) is 36.5 Å². The lowest BCUT2D eigenvalue weighted by atomic mass is 10.2. The molecule has 0 aliphatic rings. The molecular formula is C22H26FNO4. The van der Waals surface area contributed by atoms with Gasteiger partial charge in [-0.2, -0.15) is 0 Å². The summed E-state index contributed by atoms with van der Waals surface area (Å²) < 4.78 is 23.7. The zero-order chi connectivity index (χ0) is 20.4. The molecule has 2 aromatic carbocycles. The molecule has 2 aromatic rings. The Morgan fingerprint density at radius 2 is 1.79 bits per heavy atom. The van der Waals surface area contributed by atoms with Crippen LogP contribution < -0.4 is 4.74 Å². The van der Waals surface area contributed by atoms with Crippen molar-refractivity contribution < 1.29 is 23.5 Å². The number of hydrogen-bond acceptors (Lipinski definition) is 4. The Kier molecular flexibility index (Phi) is 8.46. The molecule has 0 fully saturated rings. The number of rotatable bonds is 10. The summed E-state index contributed by atoms with van der Waals surface area (Å²) in [4.78, 5) is 25.9. The highest BCUT2D eigenvalue weighted by atomic mass is 19.1. The van der Waals surface area contributed by atoms with Gasteiger partial charge in [0.05, 0.1) is 13.0 Å². The van der Waals surface area contributed by atoms with Crippen LogP contribution in [0, 0.1) is 5.82 Å². The summed E-state index contributed by atoms with van der Waals surface area (Å²) in [5.74, 6) is -0.335. The molecule has 5 nitrogen and oxygen atoms in total. The molecule has 0 aliphatic heterocycles. The number of nitrogens with zero attached hydrogens (tertiary/aromatic N) is 1. The second-order valence-electron chi connectivity index (χ2n) is 6.29. The van der Waals surface area contributed by atoms with Crippen LogP contribution in [0.15, 0.2) is 48.5 Å². The van der Waals surface area contributed by atoms with E-state index in [1.165, 1.54) is 17.0 Å². The third kappa shape index (κ3) is 7.02. The number of hydrogen-bond donors (Lipinski definition) is 0. The number of aryl methyl sites for hydroxylation is 1. The van der Waals surface area contributed by atoms with Crippen molar-refractivity contribution in [1.29, 1.82) is 0 Å². The third-order valence-electron chi connectivity index (χ3n) is 4.20. The van der Waals surface area contributed by atoms with E-state index in [0.29, 0.717) is 12.4 Å². The molecule has 0 aromatic heterocycles. The standard InChI is InChI=1S/C22H26FNO4/c1-3-17-6-5-7-20(14-17)28-16-21(25)24(13-12-22(26)27-4-2)15-18-8-10-19(23)11-9-18/h5-11,14H,3-4,12-13,15-16H2,1-2H3. The molecule has 0 saturated heterocycles. The fourth-order valence-corrected chi connectivity index (χ4v) is 2.65. The van der Waals surface area contributed by atoms with Gasteiger partial charge in [0.2, 0.25) is 0 Å². The van der Waals surface area contributed by atoms with E-state index in [9.17, 15) is 14.0 Å². The molecule has 0 spiro atoms. The lowest BCUT2D eigenvalue weighted by molar-refractivity contribution is -0.144. The second-order valence-corrected chi connectivity index (χ2v) is 6.29. The van der Waals surface area contributed by atoms with Gasteiger partial charge in [-0.05, 0) is 48.7 Å². The van der Waals surface area contributed by atoms with Crippen molar-refractivity contribution in [2.45, 2.75) is 33.2 Å². The van der Waals surface area contributed by atoms with Crippen molar-refractivity contribution in [2.24, 2.45) is 0 Å². The molecule has 0 unspecified atom stereocenters. The van der Waals surface area contributed by atoms with Crippen molar-refractivity contribution in [3.05, 3.63) is 65.5 Å². The van der Waals surface area contributed by atoms with Gasteiger partial charge in [0.1, 0.15) is 11.6 Å². The summed E-state index contributed by atoms with van der Waals surface area (Å²) in [5, 5.41) is 0. The van der Waals surface area contributed by atoms with Crippen molar-refractivity contribution in [1.82, 2.24) is 4.90 Å². The Labute approximate surface area is 165 Å². The van der Waals surface area contributed by atoms with Crippen LogP contribution in [0.3, 0.4) is 0 Å². The highest BCUT2D eigenvalue weighted by Gasteiger charge is 2.17. The van der Waals surface area contributed by atoms with Gasteiger partial charge in [-0.1, -0.05) is 31.2 Å². The number of carbonyl (C=O) groups is 2. The maximum Gasteiger partial charge on any atom is 0.307 e. The number of halogens is 1. The average molecular weight is 387 g/mol. The first-order chi connectivity index (χ1) is 13.5. The van der Waals surface area contributed by atoms with Gasteiger partial charge in [0.15, 0.2) is 6.61 Å². The number of ether oxygens (including phenoxy) is 2. The first kappa shape index (κ1) is 21.4. The maximum absolute atomic E-state index is 13.1. The average Bonchev–Trinajstić information content (AvgIpc) is 2.71. The smallest absolute Gasteiger partial charge is 0.307 e. The minimum atomic E-state index is -0.365. The zero-order valence-electron chi connectivity index (χ0n) is 16.3. The molecular weight excluding hydrogens is 361 g/mol. The largest absolute Gasteiger partial charge is 0.484 e. The van der Waals surface area contributed by atoms with Crippen LogP contribution in [-0.2, 0) is 27.3 Å². The van der Waals surface area contributed by atoms with E-state index < -0.39 is 0 Å². The third-order valence-corrected chi connectivity index (χ3v) is 4.20. The van der Waals surface area contributed by atoms with Crippen LogP contribution in [0.5, 0.6) is 5.75 Å². The SMILES string of the molecule is CCOC(=O)CCN(Cc1ccc(F)cc1)C(=O)COc1cccc(CC)c1. The van der Waals surface area contributed by atoms with Crippen molar-refractivity contribution in [3.63, 3.8) is 0 Å². The Balaban J connectivity index is 2.01. The van der Waals surface area contributed by atoms with Crippen molar-refractivity contribution in [3.8, 4) is 5.75 Å². The Hall–Kier alpha value is -2.89. The fourth-order valence-electron chi connectivity index (χ4n) is 2.65.